The predicted octanol–water partition coefficient (Wildman–Crippen LogP) is 3.65. The van der Waals surface area contributed by atoms with Crippen molar-refractivity contribution >= 4 is 0 Å². The molecule has 1 rings (SSSR count). The Morgan fingerprint density at radius 1 is 1.22 bits per heavy atom. The van der Waals surface area contributed by atoms with Crippen molar-refractivity contribution in [1.82, 2.24) is 5.32 Å². The molecule has 102 valence electrons. The van der Waals surface area contributed by atoms with E-state index in [1.807, 2.05) is 12.1 Å². The summed E-state index contributed by atoms with van der Waals surface area (Å²) < 4.78 is 5.44. The molecule has 0 heterocycles. The molecule has 1 aromatic rings. The lowest BCUT2D eigenvalue weighted by Gasteiger charge is -2.32. The summed E-state index contributed by atoms with van der Waals surface area (Å²) in [5, 5.41) is 3.65. The third-order valence-corrected chi connectivity index (χ3v) is 3.30. The van der Waals surface area contributed by atoms with E-state index in [2.05, 4.69) is 45.1 Å². The molecule has 2 nitrogen and oxygen atoms in total. The third-order valence-electron chi connectivity index (χ3n) is 3.30. The van der Waals surface area contributed by atoms with Gasteiger partial charge in [-0.3, -0.25) is 0 Å². The van der Waals surface area contributed by atoms with Gasteiger partial charge >= 0.3 is 0 Å². The first-order valence-corrected chi connectivity index (χ1v) is 6.84. The quantitative estimate of drug-likeness (QED) is 0.831. The van der Waals surface area contributed by atoms with Crippen LogP contribution in [-0.2, 0) is 6.42 Å². The summed E-state index contributed by atoms with van der Waals surface area (Å²) in [6, 6.07) is 8.76. The maximum atomic E-state index is 5.44. The summed E-state index contributed by atoms with van der Waals surface area (Å²) in [7, 11) is 1.74. The zero-order valence-corrected chi connectivity index (χ0v) is 12.4. The molecule has 0 bridgehead atoms. The van der Waals surface area contributed by atoms with Gasteiger partial charge in [0.05, 0.1) is 7.11 Å². The van der Waals surface area contributed by atoms with Crippen LogP contribution in [-0.4, -0.2) is 19.7 Å². The molecular weight excluding hydrogens is 222 g/mol. The molecule has 1 N–H and O–H groups in total. The van der Waals surface area contributed by atoms with E-state index in [0.29, 0.717) is 6.04 Å². The number of methoxy groups -OCH3 is 1. The minimum Gasteiger partial charge on any atom is -0.496 e. The van der Waals surface area contributed by atoms with Gasteiger partial charge in [-0.25, -0.2) is 0 Å². The smallest absolute Gasteiger partial charge is 0.122 e. The minimum absolute atomic E-state index is 0.246. The minimum atomic E-state index is 0.246. The van der Waals surface area contributed by atoms with Gasteiger partial charge in [0, 0.05) is 6.04 Å². The van der Waals surface area contributed by atoms with Crippen LogP contribution in [0.4, 0.5) is 0 Å². The molecule has 0 aliphatic heterocycles. The second kappa shape index (κ2) is 6.79. The average Bonchev–Trinajstić information content (AvgIpc) is 2.33. The van der Waals surface area contributed by atoms with E-state index in [1.54, 1.807) is 7.11 Å². The highest BCUT2D eigenvalue weighted by atomic mass is 16.5. The molecule has 0 radical (unpaired) electrons. The van der Waals surface area contributed by atoms with Crippen molar-refractivity contribution < 1.29 is 4.74 Å². The molecule has 1 unspecified atom stereocenters. The number of ether oxygens (including phenoxy) is 1. The SMILES string of the molecule is CCCNC(Cc1ccccc1OC)C(C)(C)C. The maximum absolute atomic E-state index is 5.44. The third kappa shape index (κ3) is 4.34. The Balaban J connectivity index is 2.82. The molecule has 0 aliphatic carbocycles. The second-order valence-corrected chi connectivity index (χ2v) is 5.89. The van der Waals surface area contributed by atoms with Crippen LogP contribution in [0.15, 0.2) is 24.3 Å². The van der Waals surface area contributed by atoms with Crippen molar-refractivity contribution in [2.45, 2.75) is 46.6 Å². The summed E-state index contributed by atoms with van der Waals surface area (Å²) in [5.74, 6) is 0.991. The van der Waals surface area contributed by atoms with Gasteiger partial charge < -0.3 is 10.1 Å². The monoisotopic (exact) mass is 249 g/mol. The molecule has 0 fully saturated rings. The lowest BCUT2D eigenvalue weighted by Crippen LogP contribution is -2.42. The van der Waals surface area contributed by atoms with Crippen LogP contribution >= 0.6 is 0 Å². The Morgan fingerprint density at radius 3 is 2.44 bits per heavy atom. The molecule has 0 saturated heterocycles. The Hall–Kier alpha value is -1.02. The molecule has 2 heteroatoms. The van der Waals surface area contributed by atoms with Gasteiger partial charge in [0.1, 0.15) is 5.75 Å². The lowest BCUT2D eigenvalue weighted by atomic mass is 9.82. The fraction of sp³-hybridized carbons (Fsp3) is 0.625. The van der Waals surface area contributed by atoms with Gasteiger partial charge in [0.2, 0.25) is 0 Å². The van der Waals surface area contributed by atoms with Crippen molar-refractivity contribution in [3.8, 4) is 5.75 Å². The standard InChI is InChI=1S/C16H27NO/c1-6-11-17-15(16(2,3)4)12-13-9-7-8-10-14(13)18-5/h7-10,15,17H,6,11-12H2,1-5H3. The summed E-state index contributed by atoms with van der Waals surface area (Å²) >= 11 is 0. The molecular formula is C16H27NO. The normalized spacial score (nSPS) is 13.4. The van der Waals surface area contributed by atoms with Crippen LogP contribution in [0.2, 0.25) is 0 Å². The fourth-order valence-corrected chi connectivity index (χ4v) is 2.09. The van der Waals surface area contributed by atoms with Gasteiger partial charge in [-0.05, 0) is 36.4 Å². The van der Waals surface area contributed by atoms with E-state index in [0.717, 1.165) is 18.7 Å². The highest BCUT2D eigenvalue weighted by Crippen LogP contribution is 2.26. The Bertz CT molecular complexity index is 354. The predicted molar refractivity (Wildman–Crippen MR) is 78.2 cm³/mol. The van der Waals surface area contributed by atoms with E-state index in [9.17, 15) is 0 Å². The van der Waals surface area contributed by atoms with Crippen LogP contribution in [0.25, 0.3) is 0 Å². The van der Waals surface area contributed by atoms with Crippen molar-refractivity contribution in [2.24, 2.45) is 5.41 Å². The van der Waals surface area contributed by atoms with E-state index in [4.69, 9.17) is 4.74 Å². The topological polar surface area (TPSA) is 21.3 Å². The van der Waals surface area contributed by atoms with Crippen molar-refractivity contribution in [3.63, 3.8) is 0 Å². The molecule has 0 spiro atoms. The van der Waals surface area contributed by atoms with Crippen LogP contribution < -0.4 is 10.1 Å². The van der Waals surface area contributed by atoms with Crippen molar-refractivity contribution in [2.75, 3.05) is 13.7 Å². The van der Waals surface area contributed by atoms with Gasteiger partial charge in [-0.1, -0.05) is 45.9 Å². The maximum Gasteiger partial charge on any atom is 0.122 e. The molecule has 0 aromatic heterocycles. The Morgan fingerprint density at radius 2 is 1.89 bits per heavy atom. The molecule has 1 atom stereocenters. The van der Waals surface area contributed by atoms with E-state index in [1.165, 1.54) is 12.0 Å². The summed E-state index contributed by atoms with van der Waals surface area (Å²) in [6.45, 7) is 10.1. The number of para-hydroxylation sites is 1. The lowest BCUT2D eigenvalue weighted by molar-refractivity contribution is 0.264. The van der Waals surface area contributed by atoms with E-state index >= 15 is 0 Å². The highest BCUT2D eigenvalue weighted by Gasteiger charge is 2.24. The number of hydrogen-bond acceptors (Lipinski definition) is 2. The average molecular weight is 249 g/mol. The highest BCUT2D eigenvalue weighted by molar-refractivity contribution is 5.34. The number of nitrogens with one attached hydrogen (secondary N) is 1. The summed E-state index contributed by atoms with van der Waals surface area (Å²) in [5.41, 5.74) is 1.53. The van der Waals surface area contributed by atoms with Gasteiger partial charge in [0.25, 0.3) is 0 Å². The number of benzene rings is 1. The van der Waals surface area contributed by atoms with E-state index in [-0.39, 0.29) is 5.41 Å². The first-order chi connectivity index (χ1) is 8.49. The van der Waals surface area contributed by atoms with Crippen molar-refractivity contribution in [3.05, 3.63) is 29.8 Å². The van der Waals surface area contributed by atoms with E-state index < -0.39 is 0 Å². The molecule has 18 heavy (non-hydrogen) atoms. The van der Waals surface area contributed by atoms with Crippen LogP contribution in [0.1, 0.15) is 39.7 Å². The molecule has 0 aliphatic rings. The van der Waals surface area contributed by atoms with Gasteiger partial charge in [-0.15, -0.1) is 0 Å². The number of rotatable bonds is 6. The van der Waals surface area contributed by atoms with Crippen LogP contribution in [0.3, 0.4) is 0 Å². The first kappa shape index (κ1) is 15.0. The molecule has 0 amide bonds. The fourth-order valence-electron chi connectivity index (χ4n) is 2.09. The van der Waals surface area contributed by atoms with Gasteiger partial charge in [-0.2, -0.15) is 0 Å². The van der Waals surface area contributed by atoms with Gasteiger partial charge in [0.15, 0.2) is 0 Å². The van der Waals surface area contributed by atoms with Crippen molar-refractivity contribution in [1.29, 1.82) is 0 Å². The summed E-state index contributed by atoms with van der Waals surface area (Å²) in [4.78, 5) is 0. The van der Waals surface area contributed by atoms with Crippen LogP contribution in [0.5, 0.6) is 5.75 Å². The first-order valence-electron chi connectivity index (χ1n) is 6.84. The molecule has 0 saturated carbocycles. The second-order valence-electron chi connectivity index (χ2n) is 5.89. The zero-order valence-electron chi connectivity index (χ0n) is 12.4. The molecule has 1 aromatic carbocycles. The number of hydrogen-bond donors (Lipinski definition) is 1. The largest absolute Gasteiger partial charge is 0.496 e. The Labute approximate surface area is 112 Å². The van der Waals surface area contributed by atoms with Crippen LogP contribution in [0, 0.1) is 5.41 Å². The zero-order chi connectivity index (χ0) is 13.6. The summed E-state index contributed by atoms with van der Waals surface area (Å²) in [6.07, 6.45) is 2.17. The Kier molecular flexibility index (Phi) is 5.67.